The van der Waals surface area contributed by atoms with Crippen LogP contribution in [0.3, 0.4) is 0 Å². The van der Waals surface area contributed by atoms with Crippen molar-refractivity contribution in [1.82, 2.24) is 10.3 Å². The Kier molecular flexibility index (Phi) is 5.02. The van der Waals surface area contributed by atoms with Crippen LogP contribution >= 0.6 is 11.3 Å². The molecular weight excluding hydrogens is 315 g/mol. The predicted octanol–water partition coefficient (Wildman–Crippen LogP) is 3.52. The van der Waals surface area contributed by atoms with E-state index in [1.165, 1.54) is 0 Å². The molecule has 2 aromatic rings. The molecule has 1 aromatic carbocycles. The lowest BCUT2D eigenvalue weighted by molar-refractivity contribution is -0.134. The number of amides is 1. The minimum atomic E-state index is -4.37. The van der Waals surface area contributed by atoms with Crippen LogP contribution in [0.25, 0.3) is 0 Å². The van der Waals surface area contributed by atoms with E-state index in [-0.39, 0.29) is 11.0 Å². The number of carbonyl (C=O) groups excluding carboxylic acids is 1. The Morgan fingerprint density at radius 2 is 1.95 bits per heavy atom. The molecule has 0 radical (unpaired) electrons. The first kappa shape index (κ1) is 16.3. The molecule has 0 spiro atoms. The zero-order valence-corrected chi connectivity index (χ0v) is 12.5. The third-order valence-corrected chi connectivity index (χ3v) is 3.78. The fourth-order valence-electron chi connectivity index (χ4n) is 1.70. The zero-order chi connectivity index (χ0) is 16.2. The highest BCUT2D eigenvalue weighted by molar-refractivity contribution is 7.15. The largest absolute Gasteiger partial charge is 0.427 e. The fourth-order valence-corrected chi connectivity index (χ4v) is 2.38. The van der Waals surface area contributed by atoms with Crippen molar-refractivity contribution < 1.29 is 18.0 Å². The molecule has 0 aliphatic carbocycles. The van der Waals surface area contributed by atoms with E-state index in [0.717, 1.165) is 11.8 Å². The van der Waals surface area contributed by atoms with E-state index in [9.17, 15) is 18.0 Å². The second kappa shape index (κ2) is 6.78. The van der Waals surface area contributed by atoms with Crippen LogP contribution in [0.4, 0.5) is 18.3 Å². The molecule has 8 heteroatoms. The van der Waals surface area contributed by atoms with E-state index in [2.05, 4.69) is 15.6 Å². The number of benzene rings is 1. The van der Waals surface area contributed by atoms with Crippen molar-refractivity contribution in [3.8, 4) is 0 Å². The monoisotopic (exact) mass is 329 g/mol. The highest BCUT2D eigenvalue weighted by Gasteiger charge is 2.33. The van der Waals surface area contributed by atoms with Gasteiger partial charge in [0.2, 0.25) is 0 Å². The number of rotatable bonds is 5. The number of aromatic nitrogens is 1. The van der Waals surface area contributed by atoms with Gasteiger partial charge in [0, 0.05) is 18.7 Å². The molecule has 0 saturated heterocycles. The van der Waals surface area contributed by atoms with E-state index in [1.54, 1.807) is 24.3 Å². The minimum absolute atomic E-state index is 0.156. The summed E-state index contributed by atoms with van der Waals surface area (Å²) in [7, 11) is 0. The van der Waals surface area contributed by atoms with Crippen molar-refractivity contribution in [2.75, 3.05) is 11.9 Å². The third kappa shape index (κ3) is 4.20. The van der Waals surface area contributed by atoms with Crippen LogP contribution in [0.15, 0.2) is 30.5 Å². The number of hydrogen-bond donors (Lipinski definition) is 2. The van der Waals surface area contributed by atoms with E-state index in [1.807, 2.05) is 6.92 Å². The Bertz CT molecular complexity index is 638. The van der Waals surface area contributed by atoms with Crippen LogP contribution < -0.4 is 10.6 Å². The number of anilines is 1. The molecule has 1 amide bonds. The van der Waals surface area contributed by atoms with Crippen molar-refractivity contribution in [1.29, 1.82) is 0 Å². The second-order valence-electron chi connectivity index (χ2n) is 4.44. The second-order valence-corrected chi connectivity index (χ2v) is 5.47. The summed E-state index contributed by atoms with van der Waals surface area (Å²) in [5.41, 5.74) is 1.39. The van der Waals surface area contributed by atoms with Crippen LogP contribution in [0.1, 0.15) is 27.7 Å². The molecule has 2 N–H and O–H groups in total. The SMILES string of the molecule is CCNC(=O)c1ccc(CNc2ncc(C(F)(F)F)s2)cc1. The highest BCUT2D eigenvalue weighted by Crippen LogP contribution is 2.35. The summed E-state index contributed by atoms with van der Waals surface area (Å²) in [6, 6.07) is 6.84. The first-order valence-corrected chi connectivity index (χ1v) is 7.36. The van der Waals surface area contributed by atoms with Gasteiger partial charge in [-0.05, 0) is 24.6 Å². The van der Waals surface area contributed by atoms with Crippen molar-refractivity contribution in [2.24, 2.45) is 0 Å². The van der Waals surface area contributed by atoms with E-state index in [4.69, 9.17) is 0 Å². The standard InChI is InChI=1S/C14H14F3N3OS/c1-2-18-12(21)10-5-3-9(4-6-10)7-19-13-20-8-11(22-13)14(15,16)17/h3-6,8H,2,7H2,1H3,(H,18,21)(H,19,20). The Labute approximate surface area is 129 Å². The lowest BCUT2D eigenvalue weighted by Gasteiger charge is -2.05. The topological polar surface area (TPSA) is 54.0 Å². The minimum Gasteiger partial charge on any atom is -0.357 e. The van der Waals surface area contributed by atoms with E-state index < -0.39 is 11.1 Å². The van der Waals surface area contributed by atoms with Gasteiger partial charge < -0.3 is 10.6 Å². The van der Waals surface area contributed by atoms with Crippen LogP contribution in [0, 0.1) is 0 Å². The molecule has 0 unspecified atom stereocenters. The quantitative estimate of drug-likeness (QED) is 0.882. The van der Waals surface area contributed by atoms with Crippen LogP contribution in [0.5, 0.6) is 0 Å². The first-order chi connectivity index (χ1) is 10.4. The summed E-state index contributed by atoms with van der Waals surface area (Å²) in [6.07, 6.45) is -3.56. The Hall–Kier alpha value is -2.09. The molecule has 0 aliphatic rings. The molecular formula is C14H14F3N3OS. The van der Waals surface area contributed by atoms with Gasteiger partial charge in [-0.1, -0.05) is 23.5 Å². The van der Waals surface area contributed by atoms with Crippen molar-refractivity contribution >= 4 is 22.4 Å². The predicted molar refractivity (Wildman–Crippen MR) is 78.9 cm³/mol. The van der Waals surface area contributed by atoms with Crippen LogP contribution in [-0.2, 0) is 12.7 Å². The zero-order valence-electron chi connectivity index (χ0n) is 11.7. The maximum Gasteiger partial charge on any atom is 0.427 e. The molecule has 0 saturated carbocycles. The normalized spacial score (nSPS) is 11.3. The number of hydrogen-bond acceptors (Lipinski definition) is 4. The van der Waals surface area contributed by atoms with Gasteiger partial charge in [-0.25, -0.2) is 4.98 Å². The van der Waals surface area contributed by atoms with Gasteiger partial charge in [0.05, 0.1) is 6.20 Å². The molecule has 0 atom stereocenters. The first-order valence-electron chi connectivity index (χ1n) is 6.54. The van der Waals surface area contributed by atoms with Gasteiger partial charge in [-0.2, -0.15) is 13.2 Å². The smallest absolute Gasteiger partial charge is 0.357 e. The summed E-state index contributed by atoms with van der Waals surface area (Å²) in [5.74, 6) is -0.156. The lowest BCUT2D eigenvalue weighted by Crippen LogP contribution is -2.22. The van der Waals surface area contributed by atoms with Gasteiger partial charge in [-0.15, -0.1) is 0 Å². The number of carbonyl (C=O) groups is 1. The summed E-state index contributed by atoms with van der Waals surface area (Å²) < 4.78 is 37.4. The van der Waals surface area contributed by atoms with Crippen molar-refractivity contribution in [3.05, 3.63) is 46.5 Å². The number of nitrogens with one attached hydrogen (secondary N) is 2. The fraction of sp³-hybridized carbons (Fsp3) is 0.286. The third-order valence-electron chi connectivity index (χ3n) is 2.78. The summed E-state index contributed by atoms with van der Waals surface area (Å²) in [4.78, 5) is 14.5. The molecule has 0 aliphatic heterocycles. The maximum atomic E-state index is 12.5. The van der Waals surface area contributed by atoms with Gasteiger partial charge in [0.1, 0.15) is 4.88 Å². The molecule has 0 fully saturated rings. The lowest BCUT2D eigenvalue weighted by atomic mass is 10.1. The van der Waals surface area contributed by atoms with E-state index in [0.29, 0.717) is 30.0 Å². The molecule has 0 bridgehead atoms. The van der Waals surface area contributed by atoms with Gasteiger partial charge in [0.25, 0.3) is 5.91 Å². The highest BCUT2D eigenvalue weighted by atomic mass is 32.1. The summed E-state index contributed by atoms with van der Waals surface area (Å²) in [6.45, 7) is 2.72. The Morgan fingerprint density at radius 1 is 1.27 bits per heavy atom. The van der Waals surface area contributed by atoms with Crippen LogP contribution in [0.2, 0.25) is 0 Å². The number of halogens is 3. The molecule has 2 rings (SSSR count). The van der Waals surface area contributed by atoms with Crippen molar-refractivity contribution in [3.63, 3.8) is 0 Å². The van der Waals surface area contributed by atoms with Gasteiger partial charge in [0.15, 0.2) is 5.13 Å². The number of thiazole rings is 1. The number of alkyl halides is 3. The van der Waals surface area contributed by atoms with E-state index >= 15 is 0 Å². The summed E-state index contributed by atoms with van der Waals surface area (Å²) in [5, 5.41) is 5.73. The average molecular weight is 329 g/mol. The molecule has 118 valence electrons. The van der Waals surface area contributed by atoms with Crippen LogP contribution in [-0.4, -0.2) is 17.4 Å². The Balaban J connectivity index is 1.94. The summed E-state index contributed by atoms with van der Waals surface area (Å²) >= 11 is 0.562. The Morgan fingerprint density at radius 3 is 2.50 bits per heavy atom. The van der Waals surface area contributed by atoms with Gasteiger partial charge in [-0.3, -0.25) is 4.79 Å². The van der Waals surface area contributed by atoms with Gasteiger partial charge >= 0.3 is 6.18 Å². The van der Waals surface area contributed by atoms with Crippen molar-refractivity contribution in [2.45, 2.75) is 19.6 Å². The molecule has 1 aromatic heterocycles. The average Bonchev–Trinajstić information content (AvgIpc) is 2.95. The number of nitrogens with zero attached hydrogens (tertiary/aromatic N) is 1. The maximum absolute atomic E-state index is 12.5. The molecule has 22 heavy (non-hydrogen) atoms. The molecule has 1 heterocycles. The molecule has 4 nitrogen and oxygen atoms in total.